The molecule has 0 saturated heterocycles. The van der Waals surface area contributed by atoms with Crippen LogP contribution in [0.25, 0.3) is 0 Å². The first-order valence-corrected chi connectivity index (χ1v) is 6.03. The highest BCUT2D eigenvalue weighted by molar-refractivity contribution is 5.00. The van der Waals surface area contributed by atoms with E-state index in [1.165, 1.54) is 25.0 Å². The summed E-state index contributed by atoms with van der Waals surface area (Å²) >= 11 is 0. The molecule has 0 bridgehead atoms. The zero-order chi connectivity index (χ0) is 10.7. The average Bonchev–Trinajstić information content (AvgIpc) is 2.92. The van der Waals surface area contributed by atoms with Crippen molar-refractivity contribution in [1.82, 2.24) is 15.1 Å². The fourth-order valence-corrected chi connectivity index (χ4v) is 2.01. The minimum Gasteiger partial charge on any atom is -0.309 e. The Hall–Kier alpha value is -0.830. The van der Waals surface area contributed by atoms with Crippen LogP contribution in [0, 0.1) is 5.92 Å². The maximum absolute atomic E-state index is 4.26. The lowest BCUT2D eigenvalue weighted by Gasteiger charge is -2.13. The zero-order valence-corrected chi connectivity index (χ0v) is 9.74. The van der Waals surface area contributed by atoms with Crippen LogP contribution in [-0.2, 0) is 13.1 Å². The predicted molar refractivity (Wildman–Crippen MR) is 61.5 cm³/mol. The first-order valence-electron chi connectivity index (χ1n) is 6.03. The summed E-state index contributed by atoms with van der Waals surface area (Å²) in [6.07, 6.45) is 6.10. The molecule has 0 radical (unpaired) electrons. The highest BCUT2D eigenvalue weighted by Gasteiger charge is 2.23. The minimum atomic E-state index is 0.637. The van der Waals surface area contributed by atoms with Crippen LogP contribution in [0.1, 0.15) is 38.8 Å². The van der Waals surface area contributed by atoms with Gasteiger partial charge in [-0.05, 0) is 32.3 Å². The van der Waals surface area contributed by atoms with Crippen molar-refractivity contribution < 1.29 is 0 Å². The molecule has 0 aromatic carbocycles. The Balaban J connectivity index is 1.76. The summed E-state index contributed by atoms with van der Waals surface area (Å²) in [5.41, 5.74) is 1.29. The van der Waals surface area contributed by atoms with Crippen LogP contribution in [0.4, 0.5) is 0 Å². The molecule has 2 rings (SSSR count). The van der Waals surface area contributed by atoms with Gasteiger partial charge < -0.3 is 5.32 Å². The summed E-state index contributed by atoms with van der Waals surface area (Å²) in [4.78, 5) is 0. The molecule has 1 N–H and O–H groups in total. The summed E-state index contributed by atoms with van der Waals surface area (Å²) in [5, 5.41) is 7.83. The fraction of sp³-hybridized carbons (Fsp3) is 0.750. The standard InChI is InChI=1S/C12H21N3/c1-3-15-12(6-7-14-15)9-13-10(2)8-11-4-5-11/h6-7,10-11,13H,3-5,8-9H2,1-2H3. The molecule has 3 heteroatoms. The quantitative estimate of drug-likeness (QED) is 0.775. The molecule has 1 atom stereocenters. The molecule has 1 aliphatic rings. The van der Waals surface area contributed by atoms with E-state index in [9.17, 15) is 0 Å². The van der Waals surface area contributed by atoms with Crippen LogP contribution in [0.2, 0.25) is 0 Å². The van der Waals surface area contributed by atoms with Gasteiger partial charge in [0.15, 0.2) is 0 Å². The van der Waals surface area contributed by atoms with Crippen molar-refractivity contribution in [2.24, 2.45) is 5.92 Å². The molecule has 84 valence electrons. The van der Waals surface area contributed by atoms with Gasteiger partial charge in [0.1, 0.15) is 0 Å². The van der Waals surface area contributed by atoms with Gasteiger partial charge in [0.05, 0.1) is 5.69 Å². The van der Waals surface area contributed by atoms with E-state index in [0.717, 1.165) is 19.0 Å². The van der Waals surface area contributed by atoms with Crippen LogP contribution >= 0.6 is 0 Å². The number of hydrogen-bond acceptors (Lipinski definition) is 2. The largest absolute Gasteiger partial charge is 0.309 e. The minimum absolute atomic E-state index is 0.637. The van der Waals surface area contributed by atoms with Crippen LogP contribution in [-0.4, -0.2) is 15.8 Å². The monoisotopic (exact) mass is 207 g/mol. The molecule has 1 fully saturated rings. The predicted octanol–water partition coefficient (Wildman–Crippen LogP) is 2.18. The Morgan fingerprint density at radius 2 is 2.40 bits per heavy atom. The van der Waals surface area contributed by atoms with Crippen molar-refractivity contribution in [3.63, 3.8) is 0 Å². The summed E-state index contributed by atoms with van der Waals surface area (Å²) in [6, 6.07) is 2.73. The number of rotatable bonds is 6. The van der Waals surface area contributed by atoms with Crippen molar-refractivity contribution >= 4 is 0 Å². The summed E-state index contributed by atoms with van der Waals surface area (Å²) in [5.74, 6) is 1.00. The number of nitrogens with one attached hydrogen (secondary N) is 1. The lowest BCUT2D eigenvalue weighted by molar-refractivity contribution is 0.471. The molecule has 0 amide bonds. The van der Waals surface area contributed by atoms with E-state index in [0.29, 0.717) is 6.04 Å². The van der Waals surface area contributed by atoms with Gasteiger partial charge >= 0.3 is 0 Å². The van der Waals surface area contributed by atoms with Crippen molar-refractivity contribution in [1.29, 1.82) is 0 Å². The lowest BCUT2D eigenvalue weighted by Crippen LogP contribution is -2.27. The first kappa shape index (κ1) is 10.7. The zero-order valence-electron chi connectivity index (χ0n) is 9.74. The summed E-state index contributed by atoms with van der Waals surface area (Å²) in [6.45, 7) is 6.32. The molecule has 1 heterocycles. The van der Waals surface area contributed by atoms with Gasteiger partial charge in [-0.1, -0.05) is 12.8 Å². The number of hydrogen-bond donors (Lipinski definition) is 1. The van der Waals surface area contributed by atoms with Gasteiger partial charge in [-0.15, -0.1) is 0 Å². The molecule has 1 aromatic heterocycles. The van der Waals surface area contributed by atoms with E-state index >= 15 is 0 Å². The Kier molecular flexibility index (Phi) is 3.41. The number of nitrogens with zero attached hydrogens (tertiary/aromatic N) is 2. The fourth-order valence-electron chi connectivity index (χ4n) is 2.01. The van der Waals surface area contributed by atoms with E-state index in [4.69, 9.17) is 0 Å². The molecule has 0 spiro atoms. The van der Waals surface area contributed by atoms with E-state index in [-0.39, 0.29) is 0 Å². The lowest BCUT2D eigenvalue weighted by atomic mass is 10.1. The van der Waals surface area contributed by atoms with Crippen molar-refractivity contribution in [3.05, 3.63) is 18.0 Å². The molecule has 1 aromatic rings. The molecule has 15 heavy (non-hydrogen) atoms. The average molecular weight is 207 g/mol. The van der Waals surface area contributed by atoms with Gasteiger partial charge in [-0.2, -0.15) is 5.10 Å². The van der Waals surface area contributed by atoms with Gasteiger partial charge in [-0.25, -0.2) is 0 Å². The van der Waals surface area contributed by atoms with Crippen molar-refractivity contribution in [3.8, 4) is 0 Å². The Labute approximate surface area is 91.9 Å². The third-order valence-electron chi connectivity index (χ3n) is 3.12. The van der Waals surface area contributed by atoms with E-state index in [1.54, 1.807) is 0 Å². The number of aryl methyl sites for hydroxylation is 1. The second kappa shape index (κ2) is 4.79. The van der Waals surface area contributed by atoms with Crippen molar-refractivity contribution in [2.45, 2.75) is 52.2 Å². The first-order chi connectivity index (χ1) is 7.29. The van der Waals surface area contributed by atoms with Gasteiger partial charge in [0.2, 0.25) is 0 Å². The van der Waals surface area contributed by atoms with E-state index < -0.39 is 0 Å². The highest BCUT2D eigenvalue weighted by atomic mass is 15.3. The smallest absolute Gasteiger partial charge is 0.0522 e. The Morgan fingerprint density at radius 1 is 1.60 bits per heavy atom. The second-order valence-electron chi connectivity index (χ2n) is 4.60. The van der Waals surface area contributed by atoms with Gasteiger partial charge in [-0.3, -0.25) is 4.68 Å². The highest BCUT2D eigenvalue weighted by Crippen LogP contribution is 2.33. The number of aromatic nitrogens is 2. The molecule has 1 unspecified atom stereocenters. The van der Waals surface area contributed by atoms with Crippen LogP contribution in [0.3, 0.4) is 0 Å². The van der Waals surface area contributed by atoms with Crippen LogP contribution in [0.15, 0.2) is 12.3 Å². The normalized spacial score (nSPS) is 18.0. The second-order valence-corrected chi connectivity index (χ2v) is 4.60. The van der Waals surface area contributed by atoms with Crippen LogP contribution < -0.4 is 5.32 Å². The SMILES string of the molecule is CCn1nccc1CNC(C)CC1CC1. The Bertz CT molecular complexity index is 302. The Morgan fingerprint density at radius 3 is 3.07 bits per heavy atom. The third-order valence-corrected chi connectivity index (χ3v) is 3.12. The molecule has 1 saturated carbocycles. The molecule has 0 aliphatic heterocycles. The molecule has 3 nitrogen and oxygen atoms in total. The van der Waals surface area contributed by atoms with Gasteiger partial charge in [0.25, 0.3) is 0 Å². The molecular weight excluding hydrogens is 186 g/mol. The molecular formula is C12H21N3. The maximum atomic E-state index is 4.26. The van der Waals surface area contributed by atoms with Crippen molar-refractivity contribution in [2.75, 3.05) is 0 Å². The summed E-state index contributed by atoms with van der Waals surface area (Å²) in [7, 11) is 0. The topological polar surface area (TPSA) is 29.9 Å². The van der Waals surface area contributed by atoms with Gasteiger partial charge in [0, 0.05) is 25.3 Å². The van der Waals surface area contributed by atoms with Crippen LogP contribution in [0.5, 0.6) is 0 Å². The third kappa shape index (κ3) is 3.06. The maximum Gasteiger partial charge on any atom is 0.0522 e. The van der Waals surface area contributed by atoms with E-state index in [2.05, 4.69) is 35.0 Å². The van der Waals surface area contributed by atoms with E-state index in [1.807, 2.05) is 6.20 Å². The summed E-state index contributed by atoms with van der Waals surface area (Å²) < 4.78 is 2.05. The molecule has 1 aliphatic carbocycles.